The summed E-state index contributed by atoms with van der Waals surface area (Å²) in [6, 6.07) is 5.49. The predicted octanol–water partition coefficient (Wildman–Crippen LogP) is 2.93. The van der Waals surface area contributed by atoms with E-state index in [0.29, 0.717) is 5.75 Å². The molecular weight excluding hydrogens is 254 g/mol. The number of aromatic hydroxyl groups is 1. The summed E-state index contributed by atoms with van der Waals surface area (Å²) in [4.78, 5) is 7.41. The molecule has 0 aliphatic carbocycles. The van der Waals surface area contributed by atoms with Crippen molar-refractivity contribution in [2.45, 2.75) is 32.4 Å². The van der Waals surface area contributed by atoms with Crippen LogP contribution in [0, 0.1) is 0 Å². The largest absolute Gasteiger partial charge is 0.507 e. The molecule has 1 aromatic heterocycles. The fraction of sp³-hybridized carbons (Fsp3) is 0.400. The van der Waals surface area contributed by atoms with Crippen LogP contribution in [0.2, 0.25) is 0 Å². The lowest BCUT2D eigenvalue weighted by molar-refractivity contribution is 0.397. The normalized spacial score (nSPS) is 13.9. The zero-order valence-electron chi connectivity index (χ0n) is 12.1. The van der Waals surface area contributed by atoms with Crippen LogP contribution in [0.25, 0.3) is 0 Å². The molecule has 0 aliphatic rings. The summed E-state index contributed by atoms with van der Waals surface area (Å²) in [7, 11) is 1.58. The number of aromatic amines is 1. The number of ether oxygens (including phenoxy) is 1. The summed E-state index contributed by atoms with van der Waals surface area (Å²) in [6.45, 7) is 4.12. The number of aromatic nitrogens is 2. The molecule has 0 fully saturated rings. The lowest BCUT2D eigenvalue weighted by Gasteiger charge is -2.22. The number of nitrogens with one attached hydrogen (secondary N) is 2. The average Bonchev–Trinajstić information content (AvgIpc) is 2.98. The molecule has 5 nitrogen and oxygen atoms in total. The number of hydrogen-bond donors (Lipinski definition) is 3. The molecule has 2 atom stereocenters. The number of phenolic OH excluding ortho intramolecular Hbond substituents is 1. The van der Waals surface area contributed by atoms with Crippen LogP contribution in [0.5, 0.6) is 11.5 Å². The number of H-pyrrole nitrogens is 1. The van der Waals surface area contributed by atoms with Gasteiger partial charge in [-0.25, -0.2) is 4.98 Å². The van der Waals surface area contributed by atoms with Crippen molar-refractivity contribution in [1.29, 1.82) is 0 Å². The minimum atomic E-state index is 0.0101. The zero-order chi connectivity index (χ0) is 14.5. The van der Waals surface area contributed by atoms with Crippen LogP contribution in [0.4, 0.5) is 0 Å². The van der Waals surface area contributed by atoms with Crippen LogP contribution >= 0.6 is 0 Å². The number of imidazole rings is 1. The summed E-state index contributed by atoms with van der Waals surface area (Å²) in [5.41, 5.74) is 0.843. The van der Waals surface area contributed by atoms with Crippen LogP contribution in [-0.2, 0) is 0 Å². The van der Waals surface area contributed by atoms with E-state index in [-0.39, 0.29) is 17.8 Å². The first-order valence-corrected chi connectivity index (χ1v) is 6.78. The number of hydrogen-bond acceptors (Lipinski definition) is 4. The van der Waals surface area contributed by atoms with E-state index in [9.17, 15) is 5.11 Å². The van der Waals surface area contributed by atoms with Crippen molar-refractivity contribution in [2.24, 2.45) is 0 Å². The topological polar surface area (TPSA) is 70.2 Å². The highest BCUT2D eigenvalue weighted by atomic mass is 16.5. The van der Waals surface area contributed by atoms with Gasteiger partial charge in [0.05, 0.1) is 13.2 Å². The second kappa shape index (κ2) is 6.43. The van der Waals surface area contributed by atoms with Crippen molar-refractivity contribution in [1.82, 2.24) is 15.3 Å². The van der Waals surface area contributed by atoms with Gasteiger partial charge < -0.3 is 20.1 Å². The minimum Gasteiger partial charge on any atom is -0.507 e. The molecule has 5 heteroatoms. The van der Waals surface area contributed by atoms with E-state index in [1.54, 1.807) is 19.4 Å². The van der Waals surface area contributed by atoms with Gasteiger partial charge in [-0.05, 0) is 19.4 Å². The van der Waals surface area contributed by atoms with Gasteiger partial charge >= 0.3 is 0 Å². The van der Waals surface area contributed by atoms with Crippen molar-refractivity contribution in [2.75, 3.05) is 7.11 Å². The Balaban J connectivity index is 2.13. The Morgan fingerprint density at radius 2 is 2.25 bits per heavy atom. The third kappa shape index (κ3) is 3.11. The molecule has 1 aromatic carbocycles. The van der Waals surface area contributed by atoms with Gasteiger partial charge in [-0.1, -0.05) is 13.0 Å². The molecule has 0 spiro atoms. The third-order valence-electron chi connectivity index (χ3n) is 3.41. The minimum absolute atomic E-state index is 0.0101. The van der Waals surface area contributed by atoms with Gasteiger partial charge in [0.25, 0.3) is 0 Å². The Hall–Kier alpha value is -2.01. The van der Waals surface area contributed by atoms with Crippen LogP contribution in [0.1, 0.15) is 43.7 Å². The van der Waals surface area contributed by atoms with Gasteiger partial charge in [0.15, 0.2) is 0 Å². The summed E-state index contributed by atoms with van der Waals surface area (Å²) < 4.78 is 5.10. The van der Waals surface area contributed by atoms with Gasteiger partial charge in [0.2, 0.25) is 0 Å². The van der Waals surface area contributed by atoms with E-state index in [0.717, 1.165) is 17.8 Å². The van der Waals surface area contributed by atoms with Crippen molar-refractivity contribution in [3.05, 3.63) is 42.0 Å². The molecule has 2 rings (SSSR count). The summed E-state index contributed by atoms with van der Waals surface area (Å²) in [5.74, 6) is 1.79. The second-order valence-electron chi connectivity index (χ2n) is 4.75. The van der Waals surface area contributed by atoms with Gasteiger partial charge in [-0.2, -0.15) is 0 Å². The summed E-state index contributed by atoms with van der Waals surface area (Å²) in [5, 5.41) is 13.5. The molecule has 2 aromatic rings. The fourth-order valence-electron chi connectivity index (χ4n) is 2.27. The van der Waals surface area contributed by atoms with E-state index in [4.69, 9.17) is 4.74 Å². The molecule has 0 bridgehead atoms. The monoisotopic (exact) mass is 275 g/mol. The first-order chi connectivity index (χ1) is 9.65. The lowest BCUT2D eigenvalue weighted by Crippen LogP contribution is -2.25. The molecule has 2 unspecified atom stereocenters. The smallest absolute Gasteiger partial charge is 0.124 e. The summed E-state index contributed by atoms with van der Waals surface area (Å²) in [6.07, 6.45) is 4.47. The highest BCUT2D eigenvalue weighted by Crippen LogP contribution is 2.30. The molecule has 1 heterocycles. The van der Waals surface area contributed by atoms with Gasteiger partial charge in [-0.3, -0.25) is 0 Å². The molecule has 0 aliphatic heterocycles. The van der Waals surface area contributed by atoms with E-state index < -0.39 is 0 Å². The highest BCUT2D eigenvalue weighted by molar-refractivity contribution is 5.41. The predicted molar refractivity (Wildman–Crippen MR) is 77.8 cm³/mol. The Labute approximate surface area is 119 Å². The Bertz CT molecular complexity index is 540. The maximum Gasteiger partial charge on any atom is 0.124 e. The van der Waals surface area contributed by atoms with Crippen molar-refractivity contribution in [3.63, 3.8) is 0 Å². The fourth-order valence-corrected chi connectivity index (χ4v) is 2.27. The molecule has 0 amide bonds. The first kappa shape index (κ1) is 14.4. The third-order valence-corrected chi connectivity index (χ3v) is 3.41. The van der Waals surface area contributed by atoms with Crippen LogP contribution < -0.4 is 10.1 Å². The molecule has 108 valence electrons. The van der Waals surface area contributed by atoms with Crippen LogP contribution in [0.15, 0.2) is 30.6 Å². The number of phenols is 1. The van der Waals surface area contributed by atoms with E-state index in [1.165, 1.54) is 0 Å². The van der Waals surface area contributed by atoms with Crippen molar-refractivity contribution < 1.29 is 9.84 Å². The highest BCUT2D eigenvalue weighted by Gasteiger charge is 2.17. The molecule has 0 radical (unpaired) electrons. The first-order valence-electron chi connectivity index (χ1n) is 6.78. The summed E-state index contributed by atoms with van der Waals surface area (Å²) >= 11 is 0. The van der Waals surface area contributed by atoms with Gasteiger partial charge in [0, 0.05) is 30.1 Å². The molecule has 20 heavy (non-hydrogen) atoms. The molecule has 0 saturated heterocycles. The zero-order valence-corrected chi connectivity index (χ0v) is 12.1. The Morgan fingerprint density at radius 1 is 1.45 bits per heavy atom. The quantitative estimate of drug-likeness (QED) is 0.758. The standard InChI is InChI=1S/C15H21N3O2/c1-4-13(15-16-7-8-17-15)18-10(2)12-6-5-11(20-3)9-14(12)19/h5-10,13,18-19H,4H2,1-3H3,(H,16,17). The SMILES string of the molecule is CCC(NC(C)c1ccc(OC)cc1O)c1ncc[nH]1. The van der Waals surface area contributed by atoms with Gasteiger partial charge in [0.1, 0.15) is 17.3 Å². The number of rotatable bonds is 6. The average molecular weight is 275 g/mol. The van der Waals surface area contributed by atoms with E-state index >= 15 is 0 Å². The lowest BCUT2D eigenvalue weighted by atomic mass is 10.0. The molecule has 3 N–H and O–H groups in total. The van der Waals surface area contributed by atoms with Crippen LogP contribution in [-0.4, -0.2) is 22.2 Å². The number of benzene rings is 1. The van der Waals surface area contributed by atoms with Crippen molar-refractivity contribution >= 4 is 0 Å². The maximum atomic E-state index is 10.1. The van der Waals surface area contributed by atoms with Crippen molar-refractivity contribution in [3.8, 4) is 11.5 Å². The number of methoxy groups -OCH3 is 1. The molecule has 0 saturated carbocycles. The van der Waals surface area contributed by atoms with E-state index in [2.05, 4.69) is 22.2 Å². The second-order valence-corrected chi connectivity index (χ2v) is 4.75. The Kier molecular flexibility index (Phi) is 4.63. The molecular formula is C15H21N3O2. The number of nitrogens with zero attached hydrogens (tertiary/aromatic N) is 1. The van der Waals surface area contributed by atoms with Crippen LogP contribution in [0.3, 0.4) is 0 Å². The van der Waals surface area contributed by atoms with E-state index in [1.807, 2.05) is 25.3 Å². The van der Waals surface area contributed by atoms with Gasteiger partial charge in [-0.15, -0.1) is 0 Å². The maximum absolute atomic E-state index is 10.1. The Morgan fingerprint density at radius 3 is 2.80 bits per heavy atom.